The fraction of sp³-hybridized carbons (Fsp3) is 0.619. The number of likely N-dealkylation sites (tertiary alicyclic amines) is 1. The van der Waals surface area contributed by atoms with Crippen molar-refractivity contribution in [1.29, 1.82) is 0 Å². The Morgan fingerprint density at radius 3 is 2.68 bits per heavy atom. The van der Waals surface area contributed by atoms with E-state index in [0.717, 1.165) is 36.4 Å². The molecule has 4 rings (SSSR count). The van der Waals surface area contributed by atoms with Gasteiger partial charge in [0, 0.05) is 38.3 Å². The summed E-state index contributed by atoms with van der Waals surface area (Å²) in [6.45, 7) is 1.55. The van der Waals surface area contributed by atoms with Gasteiger partial charge in [0.1, 0.15) is 5.82 Å². The van der Waals surface area contributed by atoms with E-state index in [9.17, 15) is 18.7 Å². The Balaban J connectivity index is 1.47. The largest absolute Gasteiger partial charge is 0.481 e. The van der Waals surface area contributed by atoms with Crippen LogP contribution in [0, 0.1) is 11.8 Å². The number of carboxylic acids is 1. The molecule has 2 heterocycles. The van der Waals surface area contributed by atoms with Gasteiger partial charge in [-0.2, -0.15) is 0 Å². The number of rotatable bonds is 5. The predicted molar refractivity (Wildman–Crippen MR) is 102 cm³/mol. The summed E-state index contributed by atoms with van der Waals surface area (Å²) in [6.07, 6.45) is 2.60. The molecule has 1 aromatic carbocycles. The number of hydrogen-bond acceptors (Lipinski definition) is 3. The summed E-state index contributed by atoms with van der Waals surface area (Å²) in [5.74, 6) is -2.17. The summed E-state index contributed by atoms with van der Waals surface area (Å²) in [5.41, 5.74) is 1.89. The van der Waals surface area contributed by atoms with E-state index < -0.39 is 11.9 Å². The Hall–Kier alpha value is -2.02. The van der Waals surface area contributed by atoms with Crippen LogP contribution in [0.1, 0.15) is 44.3 Å². The standard InChI is InChI=1S/C21H27F2N3O2/c22-21(23)8-5-16(6-9-21)26-10-7-14(12-20(27)28)15(13-26)11-19-24-17-3-1-2-4-18(17)25-19/h1-4,14-16H,5-13H2,(H,24,25)(H,27,28)/t14-,15-/m0/s1. The van der Waals surface area contributed by atoms with E-state index in [2.05, 4.69) is 14.9 Å². The number of piperidine rings is 1. The molecule has 1 saturated carbocycles. The molecule has 5 nitrogen and oxygen atoms in total. The molecule has 152 valence electrons. The number of halogens is 2. The van der Waals surface area contributed by atoms with E-state index in [1.807, 2.05) is 24.3 Å². The van der Waals surface area contributed by atoms with E-state index in [4.69, 9.17) is 0 Å². The van der Waals surface area contributed by atoms with Crippen molar-refractivity contribution in [1.82, 2.24) is 14.9 Å². The molecule has 28 heavy (non-hydrogen) atoms. The summed E-state index contributed by atoms with van der Waals surface area (Å²) < 4.78 is 27.0. The van der Waals surface area contributed by atoms with Crippen LogP contribution in [0.5, 0.6) is 0 Å². The number of para-hydroxylation sites is 2. The van der Waals surface area contributed by atoms with E-state index >= 15 is 0 Å². The Bertz CT molecular complexity index is 795. The normalized spacial score (nSPS) is 26.5. The molecule has 1 aliphatic carbocycles. The van der Waals surface area contributed by atoms with Gasteiger partial charge in [-0.1, -0.05) is 12.1 Å². The molecule has 0 bridgehead atoms. The molecule has 2 aliphatic rings. The number of fused-ring (bicyclic) bond motifs is 1. The van der Waals surface area contributed by atoms with Crippen LogP contribution in [0.25, 0.3) is 11.0 Å². The lowest BCUT2D eigenvalue weighted by molar-refractivity contribution is -0.139. The van der Waals surface area contributed by atoms with Crippen molar-refractivity contribution in [3.63, 3.8) is 0 Å². The Morgan fingerprint density at radius 1 is 1.21 bits per heavy atom. The first-order valence-electron chi connectivity index (χ1n) is 10.2. The Labute approximate surface area is 163 Å². The SMILES string of the molecule is O=C(O)C[C@@H]1CCN(C2CCC(F)(F)CC2)C[C@@H]1Cc1nc2ccccc2[nH]1. The number of carbonyl (C=O) groups is 1. The monoisotopic (exact) mass is 391 g/mol. The number of imidazole rings is 1. The molecule has 2 atom stereocenters. The first-order valence-corrected chi connectivity index (χ1v) is 10.2. The van der Waals surface area contributed by atoms with Gasteiger partial charge in [0.15, 0.2) is 0 Å². The number of hydrogen-bond donors (Lipinski definition) is 2. The lowest BCUT2D eigenvalue weighted by atomic mass is 9.79. The van der Waals surface area contributed by atoms with Crippen molar-refractivity contribution in [2.24, 2.45) is 11.8 Å². The number of aliphatic carboxylic acids is 1. The third-order valence-corrected chi connectivity index (χ3v) is 6.46. The quantitative estimate of drug-likeness (QED) is 0.805. The maximum atomic E-state index is 13.5. The van der Waals surface area contributed by atoms with Crippen LogP contribution in [0.3, 0.4) is 0 Å². The van der Waals surface area contributed by atoms with Gasteiger partial charge in [0.2, 0.25) is 5.92 Å². The van der Waals surface area contributed by atoms with Gasteiger partial charge >= 0.3 is 5.97 Å². The molecule has 0 spiro atoms. The van der Waals surface area contributed by atoms with E-state index in [1.165, 1.54) is 0 Å². The molecule has 2 aromatic rings. The second-order valence-electron chi connectivity index (χ2n) is 8.39. The average molecular weight is 391 g/mol. The molecule has 0 amide bonds. The highest BCUT2D eigenvalue weighted by molar-refractivity contribution is 5.74. The van der Waals surface area contributed by atoms with Crippen LogP contribution >= 0.6 is 0 Å². The number of aromatic nitrogens is 2. The molecule has 1 aromatic heterocycles. The lowest BCUT2D eigenvalue weighted by Gasteiger charge is -2.44. The summed E-state index contributed by atoms with van der Waals surface area (Å²) >= 11 is 0. The first-order chi connectivity index (χ1) is 13.4. The maximum Gasteiger partial charge on any atom is 0.303 e. The van der Waals surface area contributed by atoms with Crippen LogP contribution in [-0.4, -0.2) is 51.0 Å². The zero-order valence-electron chi connectivity index (χ0n) is 15.9. The van der Waals surface area contributed by atoms with Crippen molar-refractivity contribution in [2.45, 2.75) is 56.9 Å². The smallest absolute Gasteiger partial charge is 0.303 e. The Morgan fingerprint density at radius 2 is 1.96 bits per heavy atom. The number of nitrogens with one attached hydrogen (secondary N) is 1. The average Bonchev–Trinajstić information content (AvgIpc) is 3.05. The number of carboxylic acid groups (broad SMARTS) is 1. The summed E-state index contributed by atoms with van der Waals surface area (Å²) in [5, 5.41) is 9.32. The topological polar surface area (TPSA) is 69.2 Å². The molecule has 0 radical (unpaired) electrons. The van der Waals surface area contributed by atoms with Crippen LogP contribution in [0.4, 0.5) is 8.78 Å². The van der Waals surface area contributed by atoms with Crippen molar-refractivity contribution in [2.75, 3.05) is 13.1 Å². The minimum absolute atomic E-state index is 0.0407. The van der Waals surface area contributed by atoms with Gasteiger partial charge in [-0.25, -0.2) is 13.8 Å². The number of aromatic amines is 1. The van der Waals surface area contributed by atoms with Gasteiger partial charge in [0.25, 0.3) is 0 Å². The minimum Gasteiger partial charge on any atom is -0.481 e. The van der Waals surface area contributed by atoms with E-state index in [0.29, 0.717) is 19.3 Å². The summed E-state index contributed by atoms with van der Waals surface area (Å²) in [6, 6.07) is 8.03. The number of benzene rings is 1. The molecule has 2 N–H and O–H groups in total. The van der Waals surface area contributed by atoms with Gasteiger partial charge in [-0.15, -0.1) is 0 Å². The number of nitrogens with zero attached hydrogens (tertiary/aromatic N) is 2. The Kier molecular flexibility index (Phi) is 5.36. The zero-order chi connectivity index (χ0) is 19.7. The summed E-state index contributed by atoms with van der Waals surface area (Å²) in [7, 11) is 0. The molecular weight excluding hydrogens is 364 g/mol. The summed E-state index contributed by atoms with van der Waals surface area (Å²) in [4.78, 5) is 21.7. The first kappa shape index (κ1) is 19.3. The van der Waals surface area contributed by atoms with E-state index in [1.54, 1.807) is 0 Å². The third kappa shape index (κ3) is 4.35. The number of alkyl halides is 2. The van der Waals surface area contributed by atoms with Crippen molar-refractivity contribution < 1.29 is 18.7 Å². The van der Waals surface area contributed by atoms with Crippen molar-refractivity contribution >= 4 is 17.0 Å². The molecule has 0 unspecified atom stereocenters. The van der Waals surface area contributed by atoms with Gasteiger partial charge in [-0.05, 0) is 49.8 Å². The van der Waals surface area contributed by atoms with Crippen molar-refractivity contribution in [3.8, 4) is 0 Å². The fourth-order valence-corrected chi connectivity index (χ4v) is 4.91. The maximum absolute atomic E-state index is 13.5. The van der Waals surface area contributed by atoms with Crippen LogP contribution in [0.15, 0.2) is 24.3 Å². The number of H-pyrrole nitrogens is 1. The van der Waals surface area contributed by atoms with Crippen molar-refractivity contribution in [3.05, 3.63) is 30.1 Å². The zero-order valence-corrected chi connectivity index (χ0v) is 15.9. The van der Waals surface area contributed by atoms with Crippen LogP contribution in [0.2, 0.25) is 0 Å². The molecule has 7 heteroatoms. The highest BCUT2D eigenvalue weighted by Gasteiger charge is 2.40. The van der Waals surface area contributed by atoms with Gasteiger partial charge < -0.3 is 15.0 Å². The molecule has 1 aliphatic heterocycles. The van der Waals surface area contributed by atoms with Crippen LogP contribution in [-0.2, 0) is 11.2 Å². The highest BCUT2D eigenvalue weighted by atomic mass is 19.3. The highest BCUT2D eigenvalue weighted by Crippen LogP contribution is 2.38. The van der Waals surface area contributed by atoms with Gasteiger partial charge in [0.05, 0.1) is 11.0 Å². The van der Waals surface area contributed by atoms with Crippen LogP contribution < -0.4 is 0 Å². The van der Waals surface area contributed by atoms with Gasteiger partial charge in [-0.3, -0.25) is 4.79 Å². The second-order valence-corrected chi connectivity index (χ2v) is 8.39. The molecule has 2 fully saturated rings. The predicted octanol–water partition coefficient (Wildman–Crippen LogP) is 4.10. The fourth-order valence-electron chi connectivity index (χ4n) is 4.91. The van der Waals surface area contributed by atoms with E-state index in [-0.39, 0.29) is 37.1 Å². The second kappa shape index (κ2) is 7.78. The molecule has 1 saturated heterocycles. The third-order valence-electron chi connectivity index (χ3n) is 6.46. The minimum atomic E-state index is -2.52. The molecular formula is C21H27F2N3O2. The lowest BCUT2D eigenvalue weighted by Crippen LogP contribution is -2.49.